The molecule has 0 atom stereocenters. The van der Waals surface area contributed by atoms with Crippen LogP contribution in [-0.4, -0.2) is 0 Å². The Balaban J connectivity index is 1.61. The molecule has 188 valence electrons. The molecule has 0 spiro atoms. The minimum Gasteiger partial charge on any atom is -0.309 e. The standard InChI is InChI=1S/C38H31N/c1-28-14-12-22-35(37(28)32-18-8-4-9-19-32)39(34-26-24-31(25-27-34)30-16-6-3-7-17-30)36-23-13-15-29(2)38(36)33-20-10-5-11-21-33/h3-27H,1-2H3. The smallest absolute Gasteiger partial charge is 0.0542 e. The molecule has 39 heavy (non-hydrogen) atoms. The van der Waals surface area contributed by atoms with Gasteiger partial charge >= 0.3 is 0 Å². The number of aryl methyl sites for hydroxylation is 2. The molecule has 6 rings (SSSR count). The number of rotatable bonds is 6. The van der Waals surface area contributed by atoms with Crippen molar-refractivity contribution in [3.05, 3.63) is 163 Å². The van der Waals surface area contributed by atoms with Crippen molar-refractivity contribution in [3.63, 3.8) is 0 Å². The molecule has 0 fully saturated rings. The molecular formula is C38H31N. The fraction of sp³-hybridized carbons (Fsp3) is 0.0526. The van der Waals surface area contributed by atoms with E-state index in [1.54, 1.807) is 0 Å². The van der Waals surface area contributed by atoms with Crippen molar-refractivity contribution < 1.29 is 0 Å². The van der Waals surface area contributed by atoms with Crippen LogP contribution in [0.2, 0.25) is 0 Å². The van der Waals surface area contributed by atoms with Gasteiger partial charge in [-0.1, -0.05) is 127 Å². The van der Waals surface area contributed by atoms with Crippen LogP contribution < -0.4 is 4.90 Å². The van der Waals surface area contributed by atoms with Gasteiger partial charge in [0.15, 0.2) is 0 Å². The van der Waals surface area contributed by atoms with Gasteiger partial charge in [0.2, 0.25) is 0 Å². The third kappa shape index (κ3) is 4.87. The quantitative estimate of drug-likeness (QED) is 0.219. The number of anilines is 3. The van der Waals surface area contributed by atoms with Crippen LogP contribution in [0.3, 0.4) is 0 Å². The molecule has 0 bridgehead atoms. The molecule has 0 aromatic heterocycles. The summed E-state index contributed by atoms with van der Waals surface area (Å²) in [6, 6.07) is 54.2. The molecular weight excluding hydrogens is 470 g/mol. The van der Waals surface area contributed by atoms with E-state index >= 15 is 0 Å². The van der Waals surface area contributed by atoms with Gasteiger partial charge in [0.05, 0.1) is 11.4 Å². The van der Waals surface area contributed by atoms with E-state index in [1.807, 2.05) is 0 Å². The Bertz CT molecular complexity index is 1600. The lowest BCUT2D eigenvalue weighted by atomic mass is 9.94. The van der Waals surface area contributed by atoms with Crippen molar-refractivity contribution in [1.82, 2.24) is 0 Å². The summed E-state index contributed by atoms with van der Waals surface area (Å²) in [5.41, 5.74) is 13.3. The van der Waals surface area contributed by atoms with Gasteiger partial charge in [0.1, 0.15) is 0 Å². The van der Waals surface area contributed by atoms with Crippen LogP contribution in [0.25, 0.3) is 33.4 Å². The molecule has 0 aliphatic rings. The predicted octanol–water partition coefficient (Wildman–Crippen LogP) is 10.8. The van der Waals surface area contributed by atoms with E-state index in [2.05, 4.69) is 170 Å². The van der Waals surface area contributed by atoms with Crippen LogP contribution in [0.5, 0.6) is 0 Å². The topological polar surface area (TPSA) is 3.24 Å². The zero-order chi connectivity index (χ0) is 26.6. The van der Waals surface area contributed by atoms with Crippen LogP contribution in [-0.2, 0) is 0 Å². The molecule has 0 N–H and O–H groups in total. The molecule has 0 aliphatic carbocycles. The molecule has 0 radical (unpaired) electrons. The minimum atomic E-state index is 1.13. The molecule has 1 heteroatoms. The second-order valence-electron chi connectivity index (χ2n) is 9.92. The first-order chi connectivity index (χ1) is 19.2. The number of benzene rings is 6. The van der Waals surface area contributed by atoms with Crippen molar-refractivity contribution in [2.24, 2.45) is 0 Å². The fourth-order valence-corrected chi connectivity index (χ4v) is 5.48. The SMILES string of the molecule is Cc1cccc(N(c2ccc(-c3ccccc3)cc2)c2cccc(C)c2-c2ccccc2)c1-c1ccccc1. The maximum atomic E-state index is 2.43. The number of nitrogens with zero attached hydrogens (tertiary/aromatic N) is 1. The average Bonchev–Trinajstić information content (AvgIpc) is 2.99. The van der Waals surface area contributed by atoms with Crippen molar-refractivity contribution in [2.75, 3.05) is 4.90 Å². The number of hydrogen-bond acceptors (Lipinski definition) is 1. The number of hydrogen-bond donors (Lipinski definition) is 0. The largest absolute Gasteiger partial charge is 0.309 e. The Hall–Kier alpha value is -4.88. The van der Waals surface area contributed by atoms with Crippen LogP contribution in [0, 0.1) is 13.8 Å². The zero-order valence-electron chi connectivity index (χ0n) is 22.4. The first-order valence-corrected chi connectivity index (χ1v) is 13.5. The summed E-state index contributed by atoms with van der Waals surface area (Å²) in [5, 5.41) is 0. The third-order valence-corrected chi connectivity index (χ3v) is 7.34. The summed E-state index contributed by atoms with van der Waals surface area (Å²) in [6.45, 7) is 4.41. The van der Waals surface area contributed by atoms with Crippen molar-refractivity contribution in [3.8, 4) is 33.4 Å². The Morgan fingerprint density at radius 1 is 0.333 bits per heavy atom. The average molecular weight is 502 g/mol. The maximum Gasteiger partial charge on any atom is 0.0542 e. The summed E-state index contributed by atoms with van der Waals surface area (Å²) >= 11 is 0. The fourth-order valence-electron chi connectivity index (χ4n) is 5.48. The van der Waals surface area contributed by atoms with Gasteiger partial charge in [-0.2, -0.15) is 0 Å². The molecule has 0 heterocycles. The lowest BCUT2D eigenvalue weighted by Crippen LogP contribution is -2.13. The minimum absolute atomic E-state index is 1.13. The van der Waals surface area contributed by atoms with E-state index in [0.29, 0.717) is 0 Å². The Morgan fingerprint density at radius 2 is 0.718 bits per heavy atom. The molecule has 0 saturated carbocycles. The molecule has 0 aliphatic heterocycles. The van der Waals surface area contributed by atoms with Gasteiger partial charge < -0.3 is 4.90 Å². The van der Waals surface area contributed by atoms with Crippen molar-refractivity contribution in [2.45, 2.75) is 13.8 Å². The third-order valence-electron chi connectivity index (χ3n) is 7.34. The molecule has 0 unspecified atom stereocenters. The van der Waals surface area contributed by atoms with Gasteiger partial charge in [-0.05, 0) is 71.5 Å². The highest BCUT2D eigenvalue weighted by atomic mass is 15.1. The van der Waals surface area contributed by atoms with Crippen molar-refractivity contribution >= 4 is 17.1 Å². The first-order valence-electron chi connectivity index (χ1n) is 13.5. The molecule has 0 amide bonds. The normalized spacial score (nSPS) is 10.8. The lowest BCUT2D eigenvalue weighted by Gasteiger charge is -2.31. The van der Waals surface area contributed by atoms with Gasteiger partial charge in [0, 0.05) is 16.8 Å². The summed E-state index contributed by atoms with van der Waals surface area (Å²) in [6.07, 6.45) is 0. The van der Waals surface area contributed by atoms with E-state index in [4.69, 9.17) is 0 Å². The van der Waals surface area contributed by atoms with Gasteiger partial charge in [-0.3, -0.25) is 0 Å². The van der Waals surface area contributed by atoms with Crippen LogP contribution in [0.1, 0.15) is 11.1 Å². The van der Waals surface area contributed by atoms with E-state index in [9.17, 15) is 0 Å². The highest BCUT2D eigenvalue weighted by Crippen LogP contribution is 2.46. The first kappa shape index (κ1) is 24.5. The summed E-state index contributed by atoms with van der Waals surface area (Å²) in [5.74, 6) is 0. The van der Waals surface area contributed by atoms with Crippen molar-refractivity contribution in [1.29, 1.82) is 0 Å². The van der Waals surface area contributed by atoms with E-state index < -0.39 is 0 Å². The second kappa shape index (κ2) is 10.8. The zero-order valence-corrected chi connectivity index (χ0v) is 22.4. The van der Waals surface area contributed by atoms with Gasteiger partial charge in [0.25, 0.3) is 0 Å². The second-order valence-corrected chi connectivity index (χ2v) is 9.92. The van der Waals surface area contributed by atoms with Crippen LogP contribution in [0.15, 0.2) is 152 Å². The Kier molecular flexibility index (Phi) is 6.80. The molecule has 0 saturated heterocycles. The van der Waals surface area contributed by atoms with E-state index in [0.717, 1.165) is 17.1 Å². The Morgan fingerprint density at radius 3 is 1.15 bits per heavy atom. The van der Waals surface area contributed by atoms with E-state index in [-0.39, 0.29) is 0 Å². The summed E-state index contributed by atoms with van der Waals surface area (Å²) in [4.78, 5) is 2.43. The van der Waals surface area contributed by atoms with Gasteiger partial charge in [-0.15, -0.1) is 0 Å². The predicted molar refractivity (Wildman–Crippen MR) is 167 cm³/mol. The van der Waals surface area contributed by atoms with Gasteiger partial charge in [-0.25, -0.2) is 0 Å². The lowest BCUT2D eigenvalue weighted by molar-refractivity contribution is 1.26. The van der Waals surface area contributed by atoms with Crippen LogP contribution in [0.4, 0.5) is 17.1 Å². The van der Waals surface area contributed by atoms with E-state index in [1.165, 1.54) is 44.5 Å². The van der Waals surface area contributed by atoms with Crippen LogP contribution >= 0.6 is 0 Å². The highest BCUT2D eigenvalue weighted by Gasteiger charge is 2.22. The Labute approximate surface area is 231 Å². The molecule has 6 aromatic carbocycles. The molecule has 6 aromatic rings. The molecule has 1 nitrogen and oxygen atoms in total. The summed E-state index contributed by atoms with van der Waals surface area (Å²) < 4.78 is 0. The maximum absolute atomic E-state index is 2.43. The highest BCUT2D eigenvalue weighted by molar-refractivity contribution is 5.95. The monoisotopic (exact) mass is 501 g/mol. The summed E-state index contributed by atoms with van der Waals surface area (Å²) in [7, 11) is 0.